The van der Waals surface area contributed by atoms with E-state index < -0.39 is 6.09 Å². The van der Waals surface area contributed by atoms with Crippen LogP contribution in [0, 0.1) is 5.92 Å². The van der Waals surface area contributed by atoms with Crippen LogP contribution in [0.25, 0.3) is 0 Å². The Kier molecular flexibility index (Phi) is 2.15. The molecule has 0 radical (unpaired) electrons. The van der Waals surface area contributed by atoms with Gasteiger partial charge >= 0.3 is 6.09 Å². The molecule has 1 aliphatic rings. The molecule has 2 N–H and O–H groups in total. The van der Waals surface area contributed by atoms with Gasteiger partial charge in [-0.2, -0.15) is 0 Å². The lowest BCUT2D eigenvalue weighted by molar-refractivity contribution is 0.208. The summed E-state index contributed by atoms with van der Waals surface area (Å²) in [5, 5.41) is 4.03. The number of ether oxygens (including phenoxy) is 1. The van der Waals surface area contributed by atoms with Crippen LogP contribution < -0.4 is 10.5 Å². The molecule has 0 aromatic carbocycles. The zero-order valence-electron chi connectivity index (χ0n) is 8.06. The first kappa shape index (κ1) is 9.05. The lowest BCUT2D eigenvalue weighted by Crippen LogP contribution is -2.16. The maximum atomic E-state index is 10.5. The van der Waals surface area contributed by atoms with Gasteiger partial charge in [0.2, 0.25) is 5.88 Å². The monoisotopic (exact) mass is 195 g/mol. The van der Waals surface area contributed by atoms with Gasteiger partial charge in [0.05, 0.1) is 0 Å². The lowest BCUT2D eigenvalue weighted by Gasteiger charge is -1.96. The molecule has 0 unspecified atom stereocenters. The summed E-state index contributed by atoms with van der Waals surface area (Å²) in [4.78, 5) is 10.5. The molecule has 1 heterocycles. The maximum Gasteiger partial charge on any atom is 0.411 e. The third kappa shape index (κ3) is 2.04. The zero-order valence-corrected chi connectivity index (χ0v) is 8.06. The molecule has 0 spiro atoms. The number of hydrogen-bond acceptors (Lipinski definition) is 3. The largest absolute Gasteiger partial charge is 0.411 e. The molecule has 1 aromatic heterocycles. The molecule has 0 aliphatic heterocycles. The van der Waals surface area contributed by atoms with Crippen molar-refractivity contribution in [1.29, 1.82) is 0 Å². The number of primary amides is 1. The van der Waals surface area contributed by atoms with Crippen molar-refractivity contribution in [2.75, 3.05) is 0 Å². The van der Waals surface area contributed by atoms with Gasteiger partial charge in [-0.1, -0.05) is 0 Å². The summed E-state index contributed by atoms with van der Waals surface area (Å²) in [6, 6.07) is 1.77. The Hall–Kier alpha value is -1.52. The summed E-state index contributed by atoms with van der Waals surface area (Å²) in [6.45, 7) is 0. The molecule has 0 saturated heterocycles. The smallest absolute Gasteiger partial charge is 0.390 e. The standard InChI is InChI=1S/C9H13N3O2/c1-12-7(4-6-2-3-6)5-8(11-12)14-9(10)13/h5-6H,2-4H2,1H3,(H2,10,13). The van der Waals surface area contributed by atoms with Crippen LogP contribution >= 0.6 is 0 Å². The molecule has 1 saturated carbocycles. The molecule has 76 valence electrons. The first-order chi connectivity index (χ1) is 6.65. The minimum absolute atomic E-state index is 0.288. The van der Waals surface area contributed by atoms with Crippen molar-refractivity contribution in [3.8, 4) is 5.88 Å². The van der Waals surface area contributed by atoms with Gasteiger partial charge in [-0.25, -0.2) is 4.79 Å². The second-order valence-electron chi connectivity index (χ2n) is 3.67. The summed E-state index contributed by atoms with van der Waals surface area (Å²) in [6.07, 6.45) is 2.76. The summed E-state index contributed by atoms with van der Waals surface area (Å²) in [5.74, 6) is 1.07. The highest BCUT2D eigenvalue weighted by molar-refractivity contribution is 5.67. The molecule has 5 heteroatoms. The number of hydrogen-bond donors (Lipinski definition) is 1. The number of carbonyl (C=O) groups excluding carboxylic acids is 1. The van der Waals surface area contributed by atoms with Crippen LogP contribution in [0.3, 0.4) is 0 Å². The van der Waals surface area contributed by atoms with Gasteiger partial charge in [0.15, 0.2) is 0 Å². The van der Waals surface area contributed by atoms with E-state index in [2.05, 4.69) is 9.84 Å². The quantitative estimate of drug-likeness (QED) is 0.776. The molecule has 0 bridgehead atoms. The van der Waals surface area contributed by atoms with Gasteiger partial charge in [-0.15, -0.1) is 5.10 Å². The summed E-state index contributed by atoms with van der Waals surface area (Å²) >= 11 is 0. The van der Waals surface area contributed by atoms with Gasteiger partial charge in [0.1, 0.15) is 0 Å². The van der Waals surface area contributed by atoms with Gasteiger partial charge in [-0.05, 0) is 25.2 Å². The summed E-state index contributed by atoms with van der Waals surface area (Å²) in [5.41, 5.74) is 5.97. The molecule has 1 aliphatic carbocycles. The van der Waals surface area contributed by atoms with E-state index in [0.717, 1.165) is 18.0 Å². The zero-order chi connectivity index (χ0) is 10.1. The van der Waals surface area contributed by atoms with Crippen LogP contribution in [0.2, 0.25) is 0 Å². The molecule has 14 heavy (non-hydrogen) atoms. The lowest BCUT2D eigenvalue weighted by atomic mass is 10.2. The van der Waals surface area contributed by atoms with Crippen LogP contribution in [0.4, 0.5) is 4.79 Å². The Morgan fingerprint density at radius 2 is 2.50 bits per heavy atom. The van der Waals surface area contributed by atoms with Crippen molar-refractivity contribution in [3.05, 3.63) is 11.8 Å². The van der Waals surface area contributed by atoms with E-state index in [9.17, 15) is 4.79 Å². The van der Waals surface area contributed by atoms with E-state index in [1.165, 1.54) is 12.8 Å². The third-order valence-electron chi connectivity index (χ3n) is 2.35. The Morgan fingerprint density at radius 1 is 1.79 bits per heavy atom. The van der Waals surface area contributed by atoms with Crippen molar-refractivity contribution in [2.45, 2.75) is 19.3 Å². The average molecular weight is 195 g/mol. The SMILES string of the molecule is Cn1nc(OC(N)=O)cc1CC1CC1. The van der Waals surface area contributed by atoms with E-state index in [-0.39, 0.29) is 5.88 Å². The number of aromatic nitrogens is 2. The fourth-order valence-corrected chi connectivity index (χ4v) is 1.44. The van der Waals surface area contributed by atoms with Crippen LogP contribution in [0.1, 0.15) is 18.5 Å². The molecule has 1 fully saturated rings. The van der Waals surface area contributed by atoms with Gasteiger partial charge in [0.25, 0.3) is 0 Å². The van der Waals surface area contributed by atoms with Gasteiger partial charge in [0, 0.05) is 18.8 Å². The van der Waals surface area contributed by atoms with Crippen LogP contribution in [0.5, 0.6) is 5.88 Å². The second kappa shape index (κ2) is 3.32. The fraction of sp³-hybridized carbons (Fsp3) is 0.556. The molecule has 1 amide bonds. The number of amides is 1. The Balaban J connectivity index is 2.07. The van der Waals surface area contributed by atoms with Crippen molar-refractivity contribution >= 4 is 6.09 Å². The van der Waals surface area contributed by atoms with Crippen LogP contribution in [0.15, 0.2) is 6.07 Å². The van der Waals surface area contributed by atoms with E-state index in [0.29, 0.717) is 0 Å². The first-order valence-electron chi connectivity index (χ1n) is 4.65. The number of nitrogens with two attached hydrogens (primary N) is 1. The Morgan fingerprint density at radius 3 is 3.07 bits per heavy atom. The van der Waals surface area contributed by atoms with Crippen LogP contribution in [-0.4, -0.2) is 15.9 Å². The van der Waals surface area contributed by atoms with Crippen molar-refractivity contribution in [1.82, 2.24) is 9.78 Å². The second-order valence-corrected chi connectivity index (χ2v) is 3.67. The van der Waals surface area contributed by atoms with E-state index in [1.54, 1.807) is 10.7 Å². The number of carbonyl (C=O) groups is 1. The average Bonchev–Trinajstić information content (AvgIpc) is 2.79. The number of nitrogens with zero attached hydrogens (tertiary/aromatic N) is 2. The van der Waals surface area contributed by atoms with Crippen molar-refractivity contribution in [3.63, 3.8) is 0 Å². The summed E-state index contributed by atoms with van der Waals surface area (Å²) in [7, 11) is 1.84. The molecule has 5 nitrogen and oxygen atoms in total. The minimum Gasteiger partial charge on any atom is -0.390 e. The van der Waals surface area contributed by atoms with Gasteiger partial charge in [-0.3, -0.25) is 4.68 Å². The number of rotatable bonds is 3. The Labute approximate surface area is 81.8 Å². The maximum absolute atomic E-state index is 10.5. The molecule has 0 atom stereocenters. The van der Waals surface area contributed by atoms with E-state index in [1.807, 2.05) is 7.05 Å². The van der Waals surface area contributed by atoms with E-state index in [4.69, 9.17) is 5.73 Å². The Bertz CT molecular complexity index is 355. The highest BCUT2D eigenvalue weighted by Gasteiger charge is 2.23. The van der Waals surface area contributed by atoms with E-state index >= 15 is 0 Å². The van der Waals surface area contributed by atoms with Crippen molar-refractivity contribution < 1.29 is 9.53 Å². The van der Waals surface area contributed by atoms with Crippen molar-refractivity contribution in [2.24, 2.45) is 18.7 Å². The molecular weight excluding hydrogens is 182 g/mol. The normalized spacial score (nSPS) is 15.5. The third-order valence-corrected chi connectivity index (χ3v) is 2.35. The molecule has 1 aromatic rings. The van der Waals surface area contributed by atoms with Gasteiger partial charge < -0.3 is 10.5 Å². The summed E-state index contributed by atoms with van der Waals surface area (Å²) < 4.78 is 6.42. The predicted molar refractivity (Wildman–Crippen MR) is 49.8 cm³/mol. The first-order valence-corrected chi connectivity index (χ1v) is 4.65. The fourth-order valence-electron chi connectivity index (χ4n) is 1.44. The predicted octanol–water partition coefficient (Wildman–Crippen LogP) is 0.830. The number of aryl methyl sites for hydroxylation is 1. The molecular formula is C9H13N3O2. The minimum atomic E-state index is -0.818. The topological polar surface area (TPSA) is 70.1 Å². The highest BCUT2D eigenvalue weighted by atomic mass is 16.6. The highest BCUT2D eigenvalue weighted by Crippen LogP contribution is 2.33. The van der Waals surface area contributed by atoms with Crippen LogP contribution in [-0.2, 0) is 13.5 Å². The molecule has 2 rings (SSSR count).